The van der Waals surface area contributed by atoms with E-state index in [0.29, 0.717) is 0 Å². The van der Waals surface area contributed by atoms with Crippen LogP contribution in [0.3, 0.4) is 0 Å². The summed E-state index contributed by atoms with van der Waals surface area (Å²) < 4.78 is 0. The van der Waals surface area contributed by atoms with E-state index in [4.69, 9.17) is 5.11 Å². The molecule has 0 aliphatic rings. The highest BCUT2D eigenvalue weighted by atomic mass is 16.4. The van der Waals surface area contributed by atoms with Gasteiger partial charge in [0.05, 0.1) is 6.10 Å². The number of hydrogen-bond acceptors (Lipinski definition) is 2. The SMILES string of the molecule is CCCCC/C=C\C=C/C(O)CCCCCCCC(=O)O. The minimum atomic E-state index is -0.710. The smallest absolute Gasteiger partial charge is 0.303 e. The number of rotatable bonds is 14. The third-order valence-electron chi connectivity index (χ3n) is 3.45. The summed E-state index contributed by atoms with van der Waals surface area (Å²) in [4.78, 5) is 10.3. The average Bonchev–Trinajstić information content (AvgIpc) is 2.45. The van der Waals surface area contributed by atoms with Crippen molar-refractivity contribution in [1.29, 1.82) is 0 Å². The van der Waals surface area contributed by atoms with Gasteiger partial charge in [-0.05, 0) is 25.7 Å². The van der Waals surface area contributed by atoms with Crippen molar-refractivity contribution in [2.45, 2.75) is 83.7 Å². The Bertz CT molecular complexity index is 295. The highest BCUT2D eigenvalue weighted by Gasteiger charge is 1.99. The molecule has 0 amide bonds. The van der Waals surface area contributed by atoms with Crippen LogP contribution in [0.2, 0.25) is 0 Å². The van der Waals surface area contributed by atoms with Gasteiger partial charge in [0.1, 0.15) is 0 Å². The molecule has 0 saturated heterocycles. The van der Waals surface area contributed by atoms with Crippen molar-refractivity contribution in [3.63, 3.8) is 0 Å². The third kappa shape index (κ3) is 16.9. The van der Waals surface area contributed by atoms with Gasteiger partial charge >= 0.3 is 5.97 Å². The molecule has 3 nitrogen and oxygen atoms in total. The Morgan fingerprint density at radius 2 is 1.71 bits per heavy atom. The number of hydrogen-bond donors (Lipinski definition) is 2. The monoisotopic (exact) mass is 296 g/mol. The van der Waals surface area contributed by atoms with Gasteiger partial charge in [0.25, 0.3) is 0 Å². The van der Waals surface area contributed by atoms with E-state index in [1.54, 1.807) is 0 Å². The summed E-state index contributed by atoms with van der Waals surface area (Å²) >= 11 is 0. The van der Waals surface area contributed by atoms with Gasteiger partial charge in [0.2, 0.25) is 0 Å². The second-order valence-electron chi connectivity index (χ2n) is 5.58. The van der Waals surface area contributed by atoms with Crippen molar-refractivity contribution < 1.29 is 15.0 Å². The van der Waals surface area contributed by atoms with Crippen molar-refractivity contribution >= 4 is 5.97 Å². The number of carboxylic acids is 1. The van der Waals surface area contributed by atoms with Crippen LogP contribution in [0.15, 0.2) is 24.3 Å². The summed E-state index contributed by atoms with van der Waals surface area (Å²) in [6.45, 7) is 2.20. The van der Waals surface area contributed by atoms with E-state index in [2.05, 4.69) is 13.0 Å². The standard InChI is InChI=1S/C18H32O3/c1-2-3-4-5-6-8-11-14-17(19)15-12-9-7-10-13-16-18(20)21/h6,8,11,14,17,19H,2-5,7,9-10,12-13,15-16H2,1H3,(H,20,21)/b8-6-,14-11-. The van der Waals surface area contributed by atoms with Gasteiger partial charge in [-0.15, -0.1) is 0 Å². The summed E-state index contributed by atoms with van der Waals surface area (Å²) in [5.41, 5.74) is 0. The zero-order valence-corrected chi connectivity index (χ0v) is 13.5. The highest BCUT2D eigenvalue weighted by molar-refractivity contribution is 5.66. The molecule has 0 spiro atoms. The lowest BCUT2D eigenvalue weighted by Gasteiger charge is -2.04. The number of unbranched alkanes of at least 4 members (excludes halogenated alkanes) is 7. The fourth-order valence-corrected chi connectivity index (χ4v) is 2.14. The minimum Gasteiger partial charge on any atom is -0.481 e. The highest BCUT2D eigenvalue weighted by Crippen LogP contribution is 2.09. The molecule has 0 aliphatic carbocycles. The van der Waals surface area contributed by atoms with Crippen LogP contribution in [-0.2, 0) is 4.79 Å². The van der Waals surface area contributed by atoms with Crippen LogP contribution < -0.4 is 0 Å². The molecule has 0 heterocycles. The molecular weight excluding hydrogens is 264 g/mol. The first-order valence-electron chi connectivity index (χ1n) is 8.40. The largest absolute Gasteiger partial charge is 0.481 e. The Morgan fingerprint density at radius 3 is 2.43 bits per heavy atom. The molecule has 0 aromatic heterocycles. The van der Waals surface area contributed by atoms with Crippen LogP contribution in [0.25, 0.3) is 0 Å². The third-order valence-corrected chi connectivity index (χ3v) is 3.45. The van der Waals surface area contributed by atoms with Crippen molar-refractivity contribution in [3.8, 4) is 0 Å². The number of aliphatic hydroxyl groups is 1. The second-order valence-corrected chi connectivity index (χ2v) is 5.58. The van der Waals surface area contributed by atoms with Crippen LogP contribution in [0.1, 0.15) is 77.6 Å². The molecular formula is C18H32O3. The molecule has 2 N–H and O–H groups in total. The van der Waals surface area contributed by atoms with E-state index < -0.39 is 5.97 Å². The Labute approximate surface area is 129 Å². The van der Waals surface area contributed by atoms with Gasteiger partial charge in [-0.1, -0.05) is 69.8 Å². The molecule has 0 radical (unpaired) electrons. The number of aliphatic hydroxyl groups excluding tert-OH is 1. The van der Waals surface area contributed by atoms with E-state index in [1.165, 1.54) is 19.3 Å². The van der Waals surface area contributed by atoms with Crippen molar-refractivity contribution in [2.24, 2.45) is 0 Å². The second kappa shape index (κ2) is 15.3. The summed E-state index contributed by atoms with van der Waals surface area (Å²) in [6, 6.07) is 0. The minimum absolute atomic E-state index is 0.274. The first kappa shape index (κ1) is 19.9. The van der Waals surface area contributed by atoms with Gasteiger partial charge in [0.15, 0.2) is 0 Å². The zero-order valence-electron chi connectivity index (χ0n) is 13.5. The van der Waals surface area contributed by atoms with Crippen LogP contribution in [0, 0.1) is 0 Å². The van der Waals surface area contributed by atoms with Crippen LogP contribution in [-0.4, -0.2) is 22.3 Å². The van der Waals surface area contributed by atoms with Crippen LogP contribution in [0.4, 0.5) is 0 Å². The lowest BCUT2D eigenvalue weighted by molar-refractivity contribution is -0.137. The molecule has 0 rings (SSSR count). The molecule has 0 aliphatic heterocycles. The number of carboxylic acid groups (broad SMARTS) is 1. The molecule has 3 heteroatoms. The Hall–Kier alpha value is -1.09. The topological polar surface area (TPSA) is 57.5 Å². The Balaban J connectivity index is 3.40. The van der Waals surface area contributed by atoms with Gasteiger partial charge < -0.3 is 10.2 Å². The van der Waals surface area contributed by atoms with E-state index >= 15 is 0 Å². The maximum absolute atomic E-state index is 10.3. The molecule has 0 aromatic carbocycles. The molecule has 0 aromatic rings. The van der Waals surface area contributed by atoms with E-state index in [1.807, 2.05) is 18.2 Å². The van der Waals surface area contributed by atoms with E-state index in [-0.39, 0.29) is 12.5 Å². The first-order chi connectivity index (χ1) is 10.2. The van der Waals surface area contributed by atoms with Gasteiger partial charge in [-0.2, -0.15) is 0 Å². The summed E-state index contributed by atoms with van der Waals surface area (Å²) in [6.07, 6.45) is 18.4. The molecule has 122 valence electrons. The quantitative estimate of drug-likeness (QED) is 0.355. The maximum Gasteiger partial charge on any atom is 0.303 e. The van der Waals surface area contributed by atoms with Crippen LogP contribution in [0.5, 0.6) is 0 Å². The van der Waals surface area contributed by atoms with Gasteiger partial charge in [0, 0.05) is 6.42 Å². The first-order valence-corrected chi connectivity index (χ1v) is 8.40. The molecule has 0 fully saturated rings. The molecule has 1 atom stereocenters. The predicted octanol–water partition coefficient (Wildman–Crippen LogP) is 4.86. The summed E-state index contributed by atoms with van der Waals surface area (Å²) in [5, 5.41) is 18.3. The fourth-order valence-electron chi connectivity index (χ4n) is 2.14. The Kier molecular flexibility index (Phi) is 14.5. The van der Waals surface area contributed by atoms with Crippen molar-refractivity contribution in [2.75, 3.05) is 0 Å². The van der Waals surface area contributed by atoms with Crippen molar-refractivity contribution in [1.82, 2.24) is 0 Å². The molecule has 0 saturated carbocycles. The Morgan fingerprint density at radius 1 is 1.00 bits per heavy atom. The summed E-state index contributed by atoms with van der Waals surface area (Å²) in [5.74, 6) is -0.710. The zero-order chi connectivity index (χ0) is 15.8. The molecule has 21 heavy (non-hydrogen) atoms. The number of allylic oxidation sites excluding steroid dienone is 3. The normalized spacial score (nSPS) is 13.2. The number of carbonyl (C=O) groups is 1. The van der Waals surface area contributed by atoms with E-state index in [0.717, 1.165) is 44.9 Å². The molecule has 0 bridgehead atoms. The lowest BCUT2D eigenvalue weighted by atomic mass is 10.1. The van der Waals surface area contributed by atoms with Gasteiger partial charge in [-0.3, -0.25) is 4.79 Å². The van der Waals surface area contributed by atoms with Gasteiger partial charge in [-0.25, -0.2) is 0 Å². The maximum atomic E-state index is 10.3. The molecule has 1 unspecified atom stereocenters. The summed E-state index contributed by atoms with van der Waals surface area (Å²) in [7, 11) is 0. The average molecular weight is 296 g/mol. The lowest BCUT2D eigenvalue weighted by Crippen LogP contribution is -2.01. The van der Waals surface area contributed by atoms with Crippen LogP contribution >= 0.6 is 0 Å². The predicted molar refractivity (Wildman–Crippen MR) is 88.4 cm³/mol. The van der Waals surface area contributed by atoms with Crippen molar-refractivity contribution in [3.05, 3.63) is 24.3 Å². The van der Waals surface area contributed by atoms with E-state index in [9.17, 15) is 9.90 Å². The number of aliphatic carboxylic acids is 1. The fraction of sp³-hybridized carbons (Fsp3) is 0.722.